The molecule has 130 valence electrons. The molecule has 0 aromatic heterocycles. The van der Waals surface area contributed by atoms with E-state index in [1.54, 1.807) is 18.2 Å². The van der Waals surface area contributed by atoms with Gasteiger partial charge in [-0.3, -0.25) is 4.79 Å². The third-order valence-electron chi connectivity index (χ3n) is 4.04. The number of hydrogen-bond donors (Lipinski definition) is 2. The number of nitrogens with two attached hydrogens (primary N) is 1. The minimum absolute atomic E-state index is 0. The van der Waals surface area contributed by atoms with E-state index >= 15 is 0 Å². The standard InChI is InChI=1S/C16H22F2N2O2.ClH/c17-15(18)10-22-13-5-1-3-11(7-13)9-20-16(21)14-6-2-4-12(14)8-19;/h1,3,5,7,12,14-15H,2,4,6,8-10,19H2,(H,20,21);1H/t12-,14-;/m1./s1. The Bertz CT molecular complexity index is 503. The number of ether oxygens (including phenoxy) is 1. The molecule has 1 aromatic rings. The summed E-state index contributed by atoms with van der Waals surface area (Å²) in [6.07, 6.45) is 0.423. The molecule has 0 aliphatic heterocycles. The van der Waals surface area contributed by atoms with Gasteiger partial charge in [0.05, 0.1) is 0 Å². The van der Waals surface area contributed by atoms with Gasteiger partial charge in [-0.25, -0.2) is 8.78 Å². The SMILES string of the molecule is Cl.NC[C@H]1CCC[C@H]1C(=O)NCc1cccc(OCC(F)F)c1. The fraction of sp³-hybridized carbons (Fsp3) is 0.562. The highest BCUT2D eigenvalue weighted by Gasteiger charge is 2.31. The third-order valence-corrected chi connectivity index (χ3v) is 4.04. The topological polar surface area (TPSA) is 64.4 Å². The first-order chi connectivity index (χ1) is 10.6. The Morgan fingerprint density at radius 1 is 1.39 bits per heavy atom. The number of benzene rings is 1. The number of hydrogen-bond acceptors (Lipinski definition) is 3. The van der Waals surface area contributed by atoms with Crippen LogP contribution < -0.4 is 15.8 Å². The Morgan fingerprint density at radius 3 is 2.87 bits per heavy atom. The number of nitrogens with one attached hydrogen (secondary N) is 1. The smallest absolute Gasteiger partial charge is 0.272 e. The highest BCUT2D eigenvalue weighted by atomic mass is 35.5. The second-order valence-electron chi connectivity index (χ2n) is 5.60. The van der Waals surface area contributed by atoms with Crippen molar-refractivity contribution in [3.05, 3.63) is 29.8 Å². The maximum atomic E-state index is 12.2. The van der Waals surface area contributed by atoms with Crippen LogP contribution in [0.4, 0.5) is 8.78 Å². The molecule has 1 saturated carbocycles. The van der Waals surface area contributed by atoms with Crippen LogP contribution in [0.15, 0.2) is 24.3 Å². The second kappa shape index (κ2) is 9.67. The summed E-state index contributed by atoms with van der Waals surface area (Å²) in [4.78, 5) is 12.2. The number of alkyl halides is 2. The molecular formula is C16H23ClF2N2O2. The lowest BCUT2D eigenvalue weighted by molar-refractivity contribution is -0.126. The molecule has 0 unspecified atom stereocenters. The Labute approximate surface area is 141 Å². The van der Waals surface area contributed by atoms with Crippen LogP contribution in [0.1, 0.15) is 24.8 Å². The van der Waals surface area contributed by atoms with Gasteiger partial charge in [-0.05, 0) is 43.0 Å². The molecule has 7 heteroatoms. The van der Waals surface area contributed by atoms with Crippen LogP contribution in [0.3, 0.4) is 0 Å². The zero-order valence-electron chi connectivity index (χ0n) is 12.8. The van der Waals surface area contributed by atoms with E-state index in [1.165, 1.54) is 0 Å². The molecule has 0 heterocycles. The van der Waals surface area contributed by atoms with Crippen molar-refractivity contribution in [2.45, 2.75) is 32.2 Å². The first-order valence-corrected chi connectivity index (χ1v) is 7.58. The molecular weight excluding hydrogens is 326 g/mol. The summed E-state index contributed by atoms with van der Waals surface area (Å²) >= 11 is 0. The van der Waals surface area contributed by atoms with Gasteiger partial charge < -0.3 is 15.8 Å². The first-order valence-electron chi connectivity index (χ1n) is 7.58. The summed E-state index contributed by atoms with van der Waals surface area (Å²) < 4.78 is 29.2. The average Bonchev–Trinajstić information content (AvgIpc) is 2.99. The summed E-state index contributed by atoms with van der Waals surface area (Å²) in [6.45, 7) is 0.267. The van der Waals surface area contributed by atoms with Gasteiger partial charge in [0.2, 0.25) is 5.91 Å². The molecule has 3 N–H and O–H groups in total. The molecule has 0 radical (unpaired) electrons. The van der Waals surface area contributed by atoms with Gasteiger partial charge in [-0.1, -0.05) is 18.6 Å². The molecule has 23 heavy (non-hydrogen) atoms. The Morgan fingerprint density at radius 2 is 2.17 bits per heavy atom. The summed E-state index contributed by atoms with van der Waals surface area (Å²) in [7, 11) is 0. The van der Waals surface area contributed by atoms with Crippen molar-refractivity contribution in [1.29, 1.82) is 0 Å². The van der Waals surface area contributed by atoms with Crippen LogP contribution in [0.5, 0.6) is 5.75 Å². The van der Waals surface area contributed by atoms with Crippen LogP contribution in [-0.4, -0.2) is 25.5 Å². The number of carbonyl (C=O) groups is 1. The van der Waals surface area contributed by atoms with E-state index in [0.29, 0.717) is 18.8 Å². The highest BCUT2D eigenvalue weighted by molar-refractivity contribution is 5.85. The zero-order chi connectivity index (χ0) is 15.9. The Kier molecular flexibility index (Phi) is 8.26. The van der Waals surface area contributed by atoms with E-state index in [2.05, 4.69) is 5.32 Å². The minimum Gasteiger partial charge on any atom is -0.488 e. The van der Waals surface area contributed by atoms with Crippen molar-refractivity contribution in [2.75, 3.05) is 13.2 Å². The maximum absolute atomic E-state index is 12.2. The molecule has 0 spiro atoms. The molecule has 1 aliphatic carbocycles. The lowest BCUT2D eigenvalue weighted by Gasteiger charge is -2.17. The number of halogens is 3. The van der Waals surface area contributed by atoms with E-state index in [-0.39, 0.29) is 30.2 Å². The summed E-state index contributed by atoms with van der Waals surface area (Å²) in [5.74, 6) is 0.656. The van der Waals surface area contributed by atoms with Crippen molar-refractivity contribution < 1.29 is 18.3 Å². The van der Waals surface area contributed by atoms with E-state index in [4.69, 9.17) is 10.5 Å². The van der Waals surface area contributed by atoms with Crippen molar-refractivity contribution in [3.63, 3.8) is 0 Å². The minimum atomic E-state index is -2.50. The fourth-order valence-electron chi connectivity index (χ4n) is 2.89. The highest BCUT2D eigenvalue weighted by Crippen LogP contribution is 2.31. The van der Waals surface area contributed by atoms with Gasteiger partial charge in [0, 0.05) is 12.5 Å². The van der Waals surface area contributed by atoms with Gasteiger partial charge >= 0.3 is 0 Å². The lowest BCUT2D eigenvalue weighted by Crippen LogP contribution is -2.34. The monoisotopic (exact) mass is 348 g/mol. The number of rotatable bonds is 7. The Balaban J connectivity index is 0.00000264. The van der Waals surface area contributed by atoms with E-state index in [0.717, 1.165) is 24.8 Å². The normalized spacial score (nSPS) is 20.2. The number of carbonyl (C=O) groups excluding carboxylic acids is 1. The van der Waals surface area contributed by atoms with E-state index < -0.39 is 13.0 Å². The average molecular weight is 349 g/mol. The molecule has 1 aromatic carbocycles. The molecule has 1 fully saturated rings. The summed E-state index contributed by atoms with van der Waals surface area (Å²) in [5.41, 5.74) is 6.51. The fourth-order valence-corrected chi connectivity index (χ4v) is 2.89. The van der Waals surface area contributed by atoms with Gasteiger partial charge in [-0.15, -0.1) is 12.4 Å². The van der Waals surface area contributed by atoms with Crippen molar-refractivity contribution in [2.24, 2.45) is 17.6 Å². The second-order valence-corrected chi connectivity index (χ2v) is 5.60. The quantitative estimate of drug-likeness (QED) is 0.796. The van der Waals surface area contributed by atoms with E-state index in [1.807, 2.05) is 6.07 Å². The van der Waals surface area contributed by atoms with Crippen LogP contribution in [0, 0.1) is 11.8 Å². The summed E-state index contributed by atoms with van der Waals surface area (Å²) in [5, 5.41) is 2.90. The van der Waals surface area contributed by atoms with Crippen LogP contribution in [0.25, 0.3) is 0 Å². The predicted octanol–water partition coefficient (Wildman–Crippen LogP) is 2.74. The van der Waals surface area contributed by atoms with Crippen LogP contribution in [-0.2, 0) is 11.3 Å². The van der Waals surface area contributed by atoms with Crippen LogP contribution >= 0.6 is 12.4 Å². The van der Waals surface area contributed by atoms with Gasteiger partial charge in [0.25, 0.3) is 6.43 Å². The molecule has 0 bridgehead atoms. The first kappa shape index (κ1) is 19.6. The molecule has 2 atom stereocenters. The van der Waals surface area contributed by atoms with Crippen molar-refractivity contribution >= 4 is 18.3 Å². The van der Waals surface area contributed by atoms with Gasteiger partial charge in [-0.2, -0.15) is 0 Å². The molecule has 4 nitrogen and oxygen atoms in total. The Hall–Kier alpha value is -1.40. The van der Waals surface area contributed by atoms with E-state index in [9.17, 15) is 13.6 Å². The maximum Gasteiger partial charge on any atom is 0.272 e. The van der Waals surface area contributed by atoms with Gasteiger partial charge in [0.1, 0.15) is 12.4 Å². The van der Waals surface area contributed by atoms with Crippen molar-refractivity contribution in [3.8, 4) is 5.75 Å². The largest absolute Gasteiger partial charge is 0.488 e. The van der Waals surface area contributed by atoms with Gasteiger partial charge in [0.15, 0.2) is 0 Å². The zero-order valence-corrected chi connectivity index (χ0v) is 13.7. The predicted molar refractivity (Wildman–Crippen MR) is 86.9 cm³/mol. The number of amides is 1. The molecule has 1 aliphatic rings. The van der Waals surface area contributed by atoms with Crippen LogP contribution in [0.2, 0.25) is 0 Å². The molecule has 0 saturated heterocycles. The lowest BCUT2D eigenvalue weighted by atomic mass is 9.95. The molecule has 1 amide bonds. The molecule has 2 rings (SSSR count). The van der Waals surface area contributed by atoms with Crippen molar-refractivity contribution in [1.82, 2.24) is 5.32 Å². The summed E-state index contributed by atoms with van der Waals surface area (Å²) in [6, 6.07) is 6.83. The third kappa shape index (κ3) is 5.95.